The number of carbonyl (C=O) groups excluding carboxylic acids is 1. The van der Waals surface area contributed by atoms with Gasteiger partial charge in [-0.1, -0.05) is 11.6 Å². The van der Waals surface area contributed by atoms with Crippen molar-refractivity contribution in [2.45, 2.75) is 6.92 Å². The molecule has 2 aromatic carbocycles. The summed E-state index contributed by atoms with van der Waals surface area (Å²) in [5.41, 5.74) is 0.219. The monoisotopic (exact) mass is 316 g/mol. The van der Waals surface area contributed by atoms with Crippen LogP contribution in [0.2, 0.25) is 5.02 Å². The van der Waals surface area contributed by atoms with Gasteiger partial charge >= 0.3 is 5.69 Å². The number of halogens is 1. The van der Waals surface area contributed by atoms with Crippen molar-refractivity contribution in [1.29, 1.82) is 5.26 Å². The fraction of sp³-hybridized carbons (Fsp3) is 0.0667. The zero-order valence-corrected chi connectivity index (χ0v) is 12.1. The van der Waals surface area contributed by atoms with Gasteiger partial charge in [0.15, 0.2) is 5.78 Å². The van der Waals surface area contributed by atoms with Crippen molar-refractivity contribution >= 4 is 23.1 Å². The Morgan fingerprint density at radius 2 is 1.95 bits per heavy atom. The minimum absolute atomic E-state index is 0.0402. The quantitative estimate of drug-likeness (QED) is 0.480. The molecule has 6 nitrogen and oxygen atoms in total. The molecule has 0 fully saturated rings. The SMILES string of the molecule is CC(=O)c1ccc(Oc2ccc(C#N)cc2Cl)c([N+](=O)[O-])c1. The second kappa shape index (κ2) is 6.24. The minimum Gasteiger partial charge on any atom is -0.449 e. The maximum Gasteiger partial charge on any atom is 0.312 e. The lowest BCUT2D eigenvalue weighted by molar-refractivity contribution is -0.385. The molecule has 2 aromatic rings. The van der Waals surface area contributed by atoms with Crippen LogP contribution in [0.1, 0.15) is 22.8 Å². The first-order valence-corrected chi connectivity index (χ1v) is 6.47. The molecule has 0 saturated heterocycles. The van der Waals surface area contributed by atoms with Gasteiger partial charge in [0.2, 0.25) is 5.75 Å². The summed E-state index contributed by atoms with van der Waals surface area (Å²) >= 11 is 5.97. The normalized spacial score (nSPS) is 9.86. The number of carbonyl (C=O) groups is 1. The Bertz CT molecular complexity index is 812. The highest BCUT2D eigenvalue weighted by Gasteiger charge is 2.19. The number of nitrogens with zero attached hydrogens (tertiary/aromatic N) is 2. The van der Waals surface area contributed by atoms with E-state index in [2.05, 4.69) is 0 Å². The number of hydrogen-bond acceptors (Lipinski definition) is 5. The number of rotatable bonds is 4. The first kappa shape index (κ1) is 15.5. The van der Waals surface area contributed by atoms with Crippen molar-refractivity contribution in [3.05, 3.63) is 62.7 Å². The number of nitro groups is 1. The second-order valence-corrected chi connectivity index (χ2v) is 4.76. The van der Waals surface area contributed by atoms with Crippen molar-refractivity contribution in [1.82, 2.24) is 0 Å². The van der Waals surface area contributed by atoms with Crippen LogP contribution in [0.4, 0.5) is 5.69 Å². The number of nitriles is 1. The molecular weight excluding hydrogens is 308 g/mol. The third-order valence-corrected chi connectivity index (χ3v) is 3.14. The zero-order valence-electron chi connectivity index (χ0n) is 11.4. The van der Waals surface area contributed by atoms with E-state index in [1.807, 2.05) is 6.07 Å². The van der Waals surface area contributed by atoms with E-state index in [-0.39, 0.29) is 33.6 Å². The maximum atomic E-state index is 11.3. The molecule has 0 aromatic heterocycles. The summed E-state index contributed by atoms with van der Waals surface area (Å²) in [4.78, 5) is 21.8. The third-order valence-electron chi connectivity index (χ3n) is 2.84. The summed E-state index contributed by atoms with van der Waals surface area (Å²) in [6.07, 6.45) is 0. The van der Waals surface area contributed by atoms with Gasteiger partial charge in [0.1, 0.15) is 5.75 Å². The second-order valence-electron chi connectivity index (χ2n) is 4.35. The number of Topliss-reactive ketones (excluding diaryl/α,β-unsaturated/α-hetero) is 1. The lowest BCUT2D eigenvalue weighted by Crippen LogP contribution is -1.98. The molecule has 0 aliphatic carbocycles. The van der Waals surface area contributed by atoms with Crippen LogP contribution in [-0.2, 0) is 0 Å². The van der Waals surface area contributed by atoms with Crippen molar-refractivity contribution in [3.63, 3.8) is 0 Å². The van der Waals surface area contributed by atoms with E-state index in [0.29, 0.717) is 5.56 Å². The molecule has 0 radical (unpaired) electrons. The number of nitro benzene ring substituents is 1. The van der Waals surface area contributed by atoms with Crippen LogP contribution < -0.4 is 4.74 Å². The van der Waals surface area contributed by atoms with Crippen LogP contribution in [0.25, 0.3) is 0 Å². The van der Waals surface area contributed by atoms with Crippen molar-refractivity contribution in [3.8, 4) is 17.6 Å². The van der Waals surface area contributed by atoms with E-state index in [4.69, 9.17) is 21.6 Å². The maximum absolute atomic E-state index is 11.3. The minimum atomic E-state index is -0.640. The van der Waals surface area contributed by atoms with Gasteiger partial charge in [0, 0.05) is 11.6 Å². The van der Waals surface area contributed by atoms with Gasteiger partial charge in [0.25, 0.3) is 0 Å². The van der Waals surface area contributed by atoms with E-state index in [1.165, 1.54) is 37.3 Å². The molecule has 0 amide bonds. The average Bonchev–Trinajstić information content (AvgIpc) is 2.49. The highest BCUT2D eigenvalue weighted by molar-refractivity contribution is 6.32. The molecule has 0 N–H and O–H groups in total. The Balaban J connectivity index is 2.43. The average molecular weight is 317 g/mol. The highest BCUT2D eigenvalue weighted by Crippen LogP contribution is 2.35. The fourth-order valence-electron chi connectivity index (χ4n) is 1.74. The van der Waals surface area contributed by atoms with Gasteiger partial charge in [-0.3, -0.25) is 14.9 Å². The van der Waals surface area contributed by atoms with E-state index >= 15 is 0 Å². The van der Waals surface area contributed by atoms with E-state index < -0.39 is 4.92 Å². The predicted molar refractivity (Wildman–Crippen MR) is 79.3 cm³/mol. The fourth-order valence-corrected chi connectivity index (χ4v) is 1.96. The number of ketones is 1. The highest BCUT2D eigenvalue weighted by atomic mass is 35.5. The van der Waals surface area contributed by atoms with Gasteiger partial charge in [-0.15, -0.1) is 0 Å². The lowest BCUT2D eigenvalue weighted by Gasteiger charge is -2.08. The van der Waals surface area contributed by atoms with E-state index in [1.54, 1.807) is 0 Å². The molecule has 0 unspecified atom stereocenters. The number of ether oxygens (including phenoxy) is 1. The summed E-state index contributed by atoms with van der Waals surface area (Å²) in [6, 6.07) is 10.2. The van der Waals surface area contributed by atoms with Crippen molar-refractivity contribution in [2.24, 2.45) is 0 Å². The van der Waals surface area contributed by atoms with Crippen LogP contribution in [0.5, 0.6) is 11.5 Å². The van der Waals surface area contributed by atoms with Crippen LogP contribution in [-0.4, -0.2) is 10.7 Å². The first-order chi connectivity index (χ1) is 10.4. The lowest BCUT2D eigenvalue weighted by atomic mass is 10.1. The predicted octanol–water partition coefficient (Wildman–Crippen LogP) is 4.11. The molecule has 0 aliphatic heterocycles. The summed E-state index contributed by atoms with van der Waals surface area (Å²) in [5, 5.41) is 20.0. The first-order valence-electron chi connectivity index (χ1n) is 6.09. The zero-order chi connectivity index (χ0) is 16.3. The Labute approximate surface area is 130 Å². The Morgan fingerprint density at radius 1 is 1.27 bits per heavy atom. The van der Waals surface area contributed by atoms with Crippen LogP contribution in [0, 0.1) is 21.4 Å². The molecule has 0 bridgehead atoms. The molecule has 110 valence electrons. The molecule has 0 spiro atoms. The molecule has 0 atom stereocenters. The van der Waals surface area contributed by atoms with Gasteiger partial charge in [-0.05, 0) is 37.3 Å². The van der Waals surface area contributed by atoms with Crippen molar-refractivity contribution in [2.75, 3.05) is 0 Å². The van der Waals surface area contributed by atoms with E-state index in [9.17, 15) is 14.9 Å². The smallest absolute Gasteiger partial charge is 0.312 e. The molecule has 0 aliphatic rings. The standard InChI is InChI=1S/C15H9ClN2O4/c1-9(19)11-3-5-15(13(7-11)18(20)21)22-14-4-2-10(8-17)6-12(14)16/h2-7H,1H3. The number of benzene rings is 2. The molecule has 22 heavy (non-hydrogen) atoms. The number of hydrogen-bond donors (Lipinski definition) is 0. The summed E-state index contributed by atoms with van der Waals surface area (Å²) < 4.78 is 5.44. The van der Waals surface area contributed by atoms with Gasteiger partial charge in [-0.25, -0.2) is 0 Å². The van der Waals surface area contributed by atoms with Crippen LogP contribution in [0.3, 0.4) is 0 Å². The van der Waals surface area contributed by atoms with Gasteiger partial charge in [-0.2, -0.15) is 5.26 Å². The Morgan fingerprint density at radius 3 is 2.50 bits per heavy atom. The topological polar surface area (TPSA) is 93.2 Å². The Kier molecular flexibility index (Phi) is 4.39. The van der Waals surface area contributed by atoms with Gasteiger partial charge in [0.05, 0.1) is 21.6 Å². The molecule has 0 heterocycles. The summed E-state index contributed by atoms with van der Waals surface area (Å²) in [5.74, 6) is -0.146. The summed E-state index contributed by atoms with van der Waals surface area (Å²) in [6.45, 7) is 1.32. The molecule has 2 rings (SSSR count). The summed E-state index contributed by atoms with van der Waals surface area (Å²) in [7, 11) is 0. The van der Waals surface area contributed by atoms with Crippen LogP contribution >= 0.6 is 11.6 Å². The largest absolute Gasteiger partial charge is 0.449 e. The van der Waals surface area contributed by atoms with E-state index in [0.717, 1.165) is 6.07 Å². The molecule has 7 heteroatoms. The van der Waals surface area contributed by atoms with Crippen molar-refractivity contribution < 1.29 is 14.5 Å². The van der Waals surface area contributed by atoms with Crippen LogP contribution in [0.15, 0.2) is 36.4 Å². The molecular formula is C15H9ClN2O4. The Hall–Kier alpha value is -2.91. The third kappa shape index (κ3) is 3.22. The molecule has 0 saturated carbocycles. The van der Waals surface area contributed by atoms with Gasteiger partial charge < -0.3 is 4.74 Å².